The lowest BCUT2D eigenvalue weighted by Crippen LogP contribution is -2.53. The molecule has 0 aliphatic heterocycles. The lowest BCUT2D eigenvalue weighted by atomic mass is 9.85. The van der Waals surface area contributed by atoms with Gasteiger partial charge < -0.3 is 4.90 Å². The van der Waals surface area contributed by atoms with Gasteiger partial charge >= 0.3 is 0 Å². The number of nitrogens with zero attached hydrogens (tertiary/aromatic N) is 1. The van der Waals surface area contributed by atoms with E-state index >= 15 is 0 Å². The van der Waals surface area contributed by atoms with Gasteiger partial charge in [-0.3, -0.25) is 11.3 Å². The van der Waals surface area contributed by atoms with Gasteiger partial charge in [-0.15, -0.1) is 11.3 Å². The molecular weight excluding hydrogens is 230 g/mol. The number of nitrogens with two attached hydrogens (primary N) is 1. The van der Waals surface area contributed by atoms with Gasteiger partial charge in [0.15, 0.2) is 0 Å². The predicted octanol–water partition coefficient (Wildman–Crippen LogP) is 2.44. The number of likely N-dealkylation sites (N-methyl/N-ethyl adjacent to an activating group) is 1. The number of hydrogen-bond acceptors (Lipinski definition) is 4. The molecule has 1 atom stereocenters. The SMILES string of the molecule is Cc1ccsc1C(NN)C1(N(C)C)CCCC1. The maximum Gasteiger partial charge on any atom is 0.0739 e. The second-order valence-electron chi connectivity index (χ2n) is 5.27. The molecule has 1 aliphatic carbocycles. The first-order chi connectivity index (χ1) is 8.12. The van der Waals surface area contributed by atoms with E-state index in [0.717, 1.165) is 0 Å². The molecule has 0 aromatic carbocycles. The molecule has 0 bridgehead atoms. The molecule has 0 saturated heterocycles. The molecule has 0 spiro atoms. The Balaban J connectivity index is 2.37. The highest BCUT2D eigenvalue weighted by Crippen LogP contribution is 2.44. The van der Waals surface area contributed by atoms with E-state index in [2.05, 4.69) is 42.8 Å². The fourth-order valence-corrected chi connectivity index (χ4v) is 4.23. The van der Waals surface area contributed by atoms with Gasteiger partial charge in [-0.25, -0.2) is 0 Å². The van der Waals surface area contributed by atoms with Crippen molar-refractivity contribution in [2.75, 3.05) is 14.1 Å². The van der Waals surface area contributed by atoms with Crippen LogP contribution in [0, 0.1) is 6.92 Å². The molecule has 1 heterocycles. The minimum absolute atomic E-state index is 0.185. The first kappa shape index (κ1) is 13.0. The quantitative estimate of drug-likeness (QED) is 0.639. The molecule has 17 heavy (non-hydrogen) atoms. The van der Waals surface area contributed by atoms with Crippen molar-refractivity contribution in [3.8, 4) is 0 Å². The Kier molecular flexibility index (Phi) is 3.88. The first-order valence-corrected chi connectivity index (χ1v) is 7.17. The van der Waals surface area contributed by atoms with Crippen LogP contribution < -0.4 is 11.3 Å². The Bertz CT molecular complexity index is 366. The number of hydrazine groups is 1. The van der Waals surface area contributed by atoms with Gasteiger partial charge in [0.2, 0.25) is 0 Å². The third-order valence-corrected chi connectivity index (χ3v) is 5.31. The molecule has 4 heteroatoms. The standard InChI is InChI=1S/C13H23N3S/c1-10-6-9-17-11(10)12(15-14)13(16(2)3)7-4-5-8-13/h6,9,12,15H,4-5,7-8,14H2,1-3H3. The molecule has 96 valence electrons. The molecule has 0 radical (unpaired) electrons. The lowest BCUT2D eigenvalue weighted by Gasteiger charge is -2.42. The average molecular weight is 253 g/mol. The maximum absolute atomic E-state index is 5.87. The molecule has 1 fully saturated rings. The van der Waals surface area contributed by atoms with Crippen molar-refractivity contribution in [1.82, 2.24) is 10.3 Å². The van der Waals surface area contributed by atoms with E-state index in [1.165, 1.54) is 36.1 Å². The molecule has 1 saturated carbocycles. The van der Waals surface area contributed by atoms with Crippen molar-refractivity contribution in [3.05, 3.63) is 21.9 Å². The Labute approximate surface area is 108 Å². The summed E-state index contributed by atoms with van der Waals surface area (Å²) >= 11 is 1.82. The highest BCUT2D eigenvalue weighted by Gasteiger charge is 2.44. The van der Waals surface area contributed by atoms with E-state index in [1.807, 2.05) is 11.3 Å². The number of thiophene rings is 1. The predicted molar refractivity (Wildman–Crippen MR) is 74.0 cm³/mol. The molecule has 3 nitrogen and oxygen atoms in total. The Morgan fingerprint density at radius 3 is 2.47 bits per heavy atom. The smallest absolute Gasteiger partial charge is 0.0739 e. The van der Waals surface area contributed by atoms with Gasteiger partial charge in [-0.05, 0) is 50.9 Å². The van der Waals surface area contributed by atoms with Gasteiger partial charge in [-0.2, -0.15) is 0 Å². The normalized spacial score (nSPS) is 21.0. The maximum atomic E-state index is 5.87. The summed E-state index contributed by atoms with van der Waals surface area (Å²) in [5.74, 6) is 5.87. The molecule has 1 aromatic rings. The summed E-state index contributed by atoms with van der Waals surface area (Å²) < 4.78 is 0. The van der Waals surface area contributed by atoms with Gasteiger partial charge in [0, 0.05) is 10.4 Å². The zero-order chi connectivity index (χ0) is 12.5. The largest absolute Gasteiger partial charge is 0.302 e. The molecule has 1 aromatic heterocycles. The van der Waals surface area contributed by atoms with Crippen LogP contribution in [-0.2, 0) is 0 Å². The van der Waals surface area contributed by atoms with E-state index in [1.54, 1.807) is 0 Å². The third kappa shape index (κ3) is 2.15. The Morgan fingerprint density at radius 2 is 2.06 bits per heavy atom. The molecule has 2 rings (SSSR count). The van der Waals surface area contributed by atoms with Crippen LogP contribution in [0.5, 0.6) is 0 Å². The summed E-state index contributed by atoms with van der Waals surface area (Å²) in [6, 6.07) is 2.43. The van der Waals surface area contributed by atoms with Crippen LogP contribution in [0.1, 0.15) is 42.2 Å². The summed E-state index contributed by atoms with van der Waals surface area (Å²) in [4.78, 5) is 3.76. The van der Waals surface area contributed by atoms with Crippen LogP contribution in [0.2, 0.25) is 0 Å². The van der Waals surface area contributed by atoms with Crippen molar-refractivity contribution in [2.45, 2.75) is 44.2 Å². The van der Waals surface area contributed by atoms with Gasteiger partial charge in [0.25, 0.3) is 0 Å². The molecular formula is C13H23N3S. The van der Waals surface area contributed by atoms with Crippen molar-refractivity contribution in [3.63, 3.8) is 0 Å². The van der Waals surface area contributed by atoms with Crippen molar-refractivity contribution >= 4 is 11.3 Å². The van der Waals surface area contributed by atoms with Crippen molar-refractivity contribution < 1.29 is 0 Å². The van der Waals surface area contributed by atoms with E-state index in [0.29, 0.717) is 0 Å². The fraction of sp³-hybridized carbons (Fsp3) is 0.692. The molecule has 1 unspecified atom stereocenters. The first-order valence-electron chi connectivity index (χ1n) is 6.29. The zero-order valence-electron chi connectivity index (χ0n) is 11.0. The Hall–Kier alpha value is -0.420. The fourth-order valence-electron chi connectivity index (χ4n) is 3.14. The van der Waals surface area contributed by atoms with Crippen LogP contribution in [0.3, 0.4) is 0 Å². The van der Waals surface area contributed by atoms with Crippen LogP contribution >= 0.6 is 11.3 Å². The van der Waals surface area contributed by atoms with Gasteiger partial charge in [0.05, 0.1) is 6.04 Å². The number of hydrogen-bond donors (Lipinski definition) is 2. The summed E-state index contributed by atoms with van der Waals surface area (Å²) in [7, 11) is 4.36. The van der Waals surface area contributed by atoms with Crippen molar-refractivity contribution in [1.29, 1.82) is 0 Å². The second-order valence-corrected chi connectivity index (χ2v) is 6.22. The molecule has 0 amide bonds. The highest BCUT2D eigenvalue weighted by atomic mass is 32.1. The van der Waals surface area contributed by atoms with Gasteiger partial charge in [-0.1, -0.05) is 12.8 Å². The van der Waals surface area contributed by atoms with Crippen LogP contribution in [0.4, 0.5) is 0 Å². The van der Waals surface area contributed by atoms with E-state index in [4.69, 9.17) is 5.84 Å². The monoisotopic (exact) mass is 253 g/mol. The highest BCUT2D eigenvalue weighted by molar-refractivity contribution is 7.10. The second kappa shape index (κ2) is 5.06. The van der Waals surface area contributed by atoms with Crippen LogP contribution in [0.25, 0.3) is 0 Å². The third-order valence-electron chi connectivity index (χ3n) is 4.23. The van der Waals surface area contributed by atoms with Crippen LogP contribution in [-0.4, -0.2) is 24.5 Å². The lowest BCUT2D eigenvalue weighted by molar-refractivity contribution is 0.106. The minimum Gasteiger partial charge on any atom is -0.302 e. The Morgan fingerprint density at radius 1 is 1.41 bits per heavy atom. The minimum atomic E-state index is 0.185. The summed E-state index contributed by atoms with van der Waals surface area (Å²) in [6.07, 6.45) is 5.07. The van der Waals surface area contributed by atoms with Gasteiger partial charge in [0.1, 0.15) is 0 Å². The summed E-state index contributed by atoms with van der Waals surface area (Å²) in [6.45, 7) is 2.18. The summed E-state index contributed by atoms with van der Waals surface area (Å²) in [5.41, 5.74) is 4.62. The average Bonchev–Trinajstić information content (AvgIpc) is 2.91. The number of rotatable bonds is 4. The topological polar surface area (TPSA) is 41.3 Å². The van der Waals surface area contributed by atoms with E-state index < -0.39 is 0 Å². The van der Waals surface area contributed by atoms with Crippen molar-refractivity contribution in [2.24, 2.45) is 5.84 Å². The van der Waals surface area contributed by atoms with Crippen LogP contribution in [0.15, 0.2) is 11.4 Å². The number of aryl methyl sites for hydroxylation is 1. The zero-order valence-corrected chi connectivity index (χ0v) is 11.8. The number of nitrogens with one attached hydrogen (secondary N) is 1. The molecule has 1 aliphatic rings. The van der Waals surface area contributed by atoms with E-state index in [-0.39, 0.29) is 11.6 Å². The summed E-state index contributed by atoms with van der Waals surface area (Å²) in [5, 5.41) is 2.16. The molecule has 3 N–H and O–H groups in total. The van der Waals surface area contributed by atoms with E-state index in [9.17, 15) is 0 Å².